The van der Waals surface area contributed by atoms with Gasteiger partial charge in [-0.05, 0) is 37.0 Å². The topological polar surface area (TPSA) is 21.3 Å². The first kappa shape index (κ1) is 12.4. The van der Waals surface area contributed by atoms with Crippen LogP contribution < -0.4 is 10.1 Å². The SMILES string of the molecule is CCc1ccc(OCC(C)CNC2CC2)cc1. The van der Waals surface area contributed by atoms with Crippen LogP contribution in [0.2, 0.25) is 0 Å². The fraction of sp³-hybridized carbons (Fsp3) is 0.600. The van der Waals surface area contributed by atoms with E-state index in [9.17, 15) is 0 Å². The summed E-state index contributed by atoms with van der Waals surface area (Å²) < 4.78 is 5.78. The Morgan fingerprint density at radius 1 is 1.29 bits per heavy atom. The molecule has 1 atom stereocenters. The first-order valence-electron chi connectivity index (χ1n) is 6.73. The van der Waals surface area contributed by atoms with E-state index in [1.165, 1.54) is 18.4 Å². The van der Waals surface area contributed by atoms with Gasteiger partial charge < -0.3 is 10.1 Å². The Labute approximate surface area is 104 Å². The van der Waals surface area contributed by atoms with Gasteiger partial charge in [0.1, 0.15) is 5.75 Å². The van der Waals surface area contributed by atoms with E-state index in [0.717, 1.165) is 31.4 Å². The highest BCUT2D eigenvalue weighted by atomic mass is 16.5. The second-order valence-electron chi connectivity index (χ2n) is 5.10. The lowest BCUT2D eigenvalue weighted by Gasteiger charge is -2.14. The van der Waals surface area contributed by atoms with Crippen LogP contribution in [0, 0.1) is 5.92 Å². The van der Waals surface area contributed by atoms with E-state index >= 15 is 0 Å². The van der Waals surface area contributed by atoms with Crippen LogP contribution in [-0.4, -0.2) is 19.2 Å². The van der Waals surface area contributed by atoms with Crippen molar-refractivity contribution in [1.82, 2.24) is 5.32 Å². The van der Waals surface area contributed by atoms with Crippen LogP contribution >= 0.6 is 0 Å². The minimum absolute atomic E-state index is 0.571. The number of benzene rings is 1. The fourth-order valence-corrected chi connectivity index (χ4v) is 1.77. The van der Waals surface area contributed by atoms with Gasteiger partial charge in [0.25, 0.3) is 0 Å². The minimum Gasteiger partial charge on any atom is -0.493 e. The van der Waals surface area contributed by atoms with E-state index in [4.69, 9.17) is 4.74 Å². The summed E-state index contributed by atoms with van der Waals surface area (Å²) in [5.74, 6) is 1.56. The largest absolute Gasteiger partial charge is 0.493 e. The first-order valence-corrected chi connectivity index (χ1v) is 6.73. The summed E-state index contributed by atoms with van der Waals surface area (Å²) in [5, 5.41) is 3.53. The van der Waals surface area contributed by atoms with Crippen molar-refractivity contribution >= 4 is 0 Å². The van der Waals surface area contributed by atoms with Crippen molar-refractivity contribution < 1.29 is 4.74 Å². The van der Waals surface area contributed by atoms with Gasteiger partial charge in [-0.15, -0.1) is 0 Å². The second-order valence-corrected chi connectivity index (χ2v) is 5.10. The Hall–Kier alpha value is -1.02. The van der Waals surface area contributed by atoms with Crippen LogP contribution in [0.3, 0.4) is 0 Å². The molecule has 1 saturated carbocycles. The molecule has 0 spiro atoms. The normalized spacial score (nSPS) is 16.8. The third-order valence-electron chi connectivity index (χ3n) is 3.20. The minimum atomic E-state index is 0.571. The predicted octanol–water partition coefficient (Wildman–Crippen LogP) is 3.02. The summed E-state index contributed by atoms with van der Waals surface area (Å²) in [4.78, 5) is 0. The molecule has 1 fully saturated rings. The van der Waals surface area contributed by atoms with Gasteiger partial charge in [0.15, 0.2) is 0 Å². The molecule has 1 N–H and O–H groups in total. The molecule has 1 aromatic rings. The smallest absolute Gasteiger partial charge is 0.119 e. The summed E-state index contributed by atoms with van der Waals surface area (Å²) >= 11 is 0. The fourth-order valence-electron chi connectivity index (χ4n) is 1.77. The summed E-state index contributed by atoms with van der Waals surface area (Å²) in [6.45, 7) is 6.26. The molecule has 1 unspecified atom stereocenters. The molecule has 1 aliphatic rings. The van der Waals surface area contributed by atoms with Gasteiger partial charge in [0.05, 0.1) is 6.61 Å². The van der Waals surface area contributed by atoms with Gasteiger partial charge in [0, 0.05) is 18.5 Å². The number of hydrogen-bond donors (Lipinski definition) is 1. The molecule has 0 radical (unpaired) electrons. The highest BCUT2D eigenvalue weighted by Crippen LogP contribution is 2.19. The van der Waals surface area contributed by atoms with E-state index < -0.39 is 0 Å². The van der Waals surface area contributed by atoms with Gasteiger partial charge in [-0.1, -0.05) is 26.0 Å². The highest BCUT2D eigenvalue weighted by molar-refractivity contribution is 5.27. The Bertz CT molecular complexity index is 329. The van der Waals surface area contributed by atoms with Crippen molar-refractivity contribution in [2.24, 2.45) is 5.92 Å². The Balaban J connectivity index is 1.68. The molecule has 1 aromatic carbocycles. The van der Waals surface area contributed by atoms with Gasteiger partial charge in [0.2, 0.25) is 0 Å². The Morgan fingerprint density at radius 3 is 2.59 bits per heavy atom. The molecular formula is C15H23NO. The van der Waals surface area contributed by atoms with Gasteiger partial charge >= 0.3 is 0 Å². The molecular weight excluding hydrogens is 210 g/mol. The van der Waals surface area contributed by atoms with Crippen LogP contribution in [0.25, 0.3) is 0 Å². The summed E-state index contributed by atoms with van der Waals surface area (Å²) in [5.41, 5.74) is 1.36. The number of aryl methyl sites for hydroxylation is 1. The van der Waals surface area contributed by atoms with Crippen molar-refractivity contribution in [2.45, 2.75) is 39.2 Å². The molecule has 94 valence electrons. The standard InChI is InChI=1S/C15H23NO/c1-3-13-4-8-15(9-5-13)17-11-12(2)10-16-14-6-7-14/h4-5,8-9,12,14,16H,3,6-7,10-11H2,1-2H3. The first-order chi connectivity index (χ1) is 8.28. The zero-order valence-corrected chi connectivity index (χ0v) is 10.9. The maximum absolute atomic E-state index is 5.78. The summed E-state index contributed by atoms with van der Waals surface area (Å²) in [6, 6.07) is 9.21. The molecule has 0 bridgehead atoms. The maximum Gasteiger partial charge on any atom is 0.119 e. The Morgan fingerprint density at radius 2 is 2.00 bits per heavy atom. The molecule has 0 amide bonds. The average Bonchev–Trinajstić information content (AvgIpc) is 3.18. The van der Waals surface area contributed by atoms with E-state index in [1.54, 1.807) is 0 Å². The number of rotatable bonds is 7. The zero-order valence-electron chi connectivity index (χ0n) is 10.9. The predicted molar refractivity (Wildman–Crippen MR) is 71.5 cm³/mol. The lowest BCUT2D eigenvalue weighted by molar-refractivity contribution is 0.255. The number of ether oxygens (including phenoxy) is 1. The zero-order chi connectivity index (χ0) is 12.1. The monoisotopic (exact) mass is 233 g/mol. The van der Waals surface area contributed by atoms with Crippen molar-refractivity contribution in [3.05, 3.63) is 29.8 Å². The van der Waals surface area contributed by atoms with Crippen molar-refractivity contribution in [1.29, 1.82) is 0 Å². The van der Waals surface area contributed by atoms with E-state index in [0.29, 0.717) is 5.92 Å². The molecule has 0 saturated heterocycles. The molecule has 2 rings (SSSR count). The van der Waals surface area contributed by atoms with Crippen LogP contribution in [-0.2, 0) is 6.42 Å². The van der Waals surface area contributed by atoms with Crippen LogP contribution in [0.15, 0.2) is 24.3 Å². The van der Waals surface area contributed by atoms with E-state index in [2.05, 4.69) is 43.4 Å². The molecule has 0 aromatic heterocycles. The highest BCUT2D eigenvalue weighted by Gasteiger charge is 2.20. The lowest BCUT2D eigenvalue weighted by atomic mass is 10.1. The van der Waals surface area contributed by atoms with Gasteiger partial charge in [-0.25, -0.2) is 0 Å². The van der Waals surface area contributed by atoms with E-state index in [1.807, 2.05) is 0 Å². The summed E-state index contributed by atoms with van der Waals surface area (Å²) in [6.07, 6.45) is 3.79. The van der Waals surface area contributed by atoms with Crippen LogP contribution in [0.4, 0.5) is 0 Å². The number of nitrogens with one attached hydrogen (secondary N) is 1. The molecule has 0 heterocycles. The summed E-state index contributed by atoms with van der Waals surface area (Å²) in [7, 11) is 0. The molecule has 2 heteroatoms. The molecule has 17 heavy (non-hydrogen) atoms. The molecule has 1 aliphatic carbocycles. The van der Waals surface area contributed by atoms with Gasteiger partial charge in [-0.3, -0.25) is 0 Å². The van der Waals surface area contributed by atoms with Gasteiger partial charge in [-0.2, -0.15) is 0 Å². The lowest BCUT2D eigenvalue weighted by Crippen LogP contribution is -2.26. The molecule has 0 aliphatic heterocycles. The quantitative estimate of drug-likeness (QED) is 0.781. The molecule has 2 nitrogen and oxygen atoms in total. The third-order valence-corrected chi connectivity index (χ3v) is 3.20. The van der Waals surface area contributed by atoms with Crippen LogP contribution in [0.5, 0.6) is 5.75 Å². The van der Waals surface area contributed by atoms with E-state index in [-0.39, 0.29) is 0 Å². The Kier molecular flexibility index (Phi) is 4.43. The van der Waals surface area contributed by atoms with Crippen molar-refractivity contribution in [3.63, 3.8) is 0 Å². The van der Waals surface area contributed by atoms with Crippen LogP contribution in [0.1, 0.15) is 32.3 Å². The third kappa shape index (κ3) is 4.39. The van der Waals surface area contributed by atoms with Crippen molar-refractivity contribution in [2.75, 3.05) is 13.2 Å². The second kappa shape index (κ2) is 6.06. The number of hydrogen-bond acceptors (Lipinski definition) is 2. The maximum atomic E-state index is 5.78. The van der Waals surface area contributed by atoms with Crippen molar-refractivity contribution in [3.8, 4) is 5.75 Å². The average molecular weight is 233 g/mol.